The number of aliphatic carboxylic acids is 1. The summed E-state index contributed by atoms with van der Waals surface area (Å²) in [7, 11) is 0. The summed E-state index contributed by atoms with van der Waals surface area (Å²) < 4.78 is 5.00. The molecule has 0 aliphatic carbocycles. The first kappa shape index (κ1) is 14.9. The molecule has 1 aromatic carbocycles. The Hall–Kier alpha value is -1.46. The van der Waals surface area contributed by atoms with Crippen molar-refractivity contribution in [1.82, 2.24) is 0 Å². The van der Waals surface area contributed by atoms with Crippen LogP contribution in [0.4, 0.5) is 5.69 Å². The zero-order valence-corrected chi connectivity index (χ0v) is 12.2. The van der Waals surface area contributed by atoms with Crippen molar-refractivity contribution >= 4 is 40.8 Å². The van der Waals surface area contributed by atoms with Crippen LogP contribution in [0.15, 0.2) is 12.1 Å². The molecule has 0 bridgehead atoms. The molecule has 2 unspecified atom stereocenters. The summed E-state index contributed by atoms with van der Waals surface area (Å²) in [6.07, 6.45) is 0.0858. The third-order valence-electron chi connectivity index (χ3n) is 3.11. The lowest BCUT2D eigenvalue weighted by atomic mass is 9.87. The van der Waals surface area contributed by atoms with E-state index in [0.717, 1.165) is 0 Å². The lowest BCUT2D eigenvalue weighted by molar-refractivity contribution is -0.145. The largest absolute Gasteiger partial charge is 0.480 e. The quantitative estimate of drug-likeness (QED) is 0.838. The number of carboxylic acids is 1. The van der Waals surface area contributed by atoms with Gasteiger partial charge in [0.25, 0.3) is 0 Å². The van der Waals surface area contributed by atoms with Crippen LogP contribution < -0.4 is 5.32 Å². The minimum absolute atomic E-state index is 0.0858. The molecule has 1 heterocycles. The Kier molecular flexibility index (Phi) is 4.40. The van der Waals surface area contributed by atoms with Gasteiger partial charge in [0.05, 0.1) is 12.5 Å². The van der Waals surface area contributed by atoms with E-state index in [0.29, 0.717) is 21.3 Å². The Morgan fingerprint density at radius 3 is 2.75 bits per heavy atom. The number of rotatable bonds is 3. The van der Waals surface area contributed by atoms with E-state index in [-0.39, 0.29) is 13.0 Å². The minimum Gasteiger partial charge on any atom is -0.480 e. The second kappa shape index (κ2) is 5.89. The highest BCUT2D eigenvalue weighted by molar-refractivity contribution is 6.36. The van der Waals surface area contributed by atoms with Crippen LogP contribution in [0.5, 0.6) is 0 Å². The molecule has 2 rings (SSSR count). The standard InChI is InChI=1S/C13H13Cl2NO4/c1-2-20-13(19)7-5-10(12(17)18)16-9-4-6(14)3-8(15)11(7)9/h3-4,7,10,16H,2,5H2,1H3,(H,17,18). The number of nitrogens with one attached hydrogen (secondary N) is 1. The normalized spacial score (nSPS) is 20.8. The molecule has 0 radical (unpaired) electrons. The number of hydrogen-bond donors (Lipinski definition) is 2. The molecule has 0 saturated heterocycles. The van der Waals surface area contributed by atoms with E-state index >= 15 is 0 Å². The lowest BCUT2D eigenvalue weighted by Gasteiger charge is -2.30. The van der Waals surface area contributed by atoms with Crippen LogP contribution >= 0.6 is 23.2 Å². The molecule has 108 valence electrons. The van der Waals surface area contributed by atoms with Crippen LogP contribution in [0.1, 0.15) is 24.8 Å². The van der Waals surface area contributed by atoms with Gasteiger partial charge in [-0.3, -0.25) is 4.79 Å². The number of fused-ring (bicyclic) bond motifs is 1. The first-order valence-electron chi connectivity index (χ1n) is 6.09. The molecule has 0 fully saturated rings. The van der Waals surface area contributed by atoms with Gasteiger partial charge in [-0.15, -0.1) is 0 Å². The number of ether oxygens (including phenoxy) is 1. The number of carbonyl (C=O) groups excluding carboxylic acids is 1. The summed E-state index contributed by atoms with van der Waals surface area (Å²) in [5.74, 6) is -2.23. The van der Waals surface area contributed by atoms with Crippen LogP contribution in [-0.2, 0) is 14.3 Å². The fourth-order valence-corrected chi connectivity index (χ4v) is 2.90. The van der Waals surface area contributed by atoms with Crippen LogP contribution in [0.25, 0.3) is 0 Å². The molecule has 2 N–H and O–H groups in total. The minimum atomic E-state index is -1.04. The monoisotopic (exact) mass is 317 g/mol. The molecule has 20 heavy (non-hydrogen) atoms. The second-order valence-corrected chi connectivity index (χ2v) is 5.27. The molecule has 2 atom stereocenters. The number of carboxylic acid groups (broad SMARTS) is 1. The maximum Gasteiger partial charge on any atom is 0.326 e. The number of anilines is 1. The maximum absolute atomic E-state index is 12.0. The fourth-order valence-electron chi connectivity index (χ4n) is 2.28. The Morgan fingerprint density at radius 1 is 1.45 bits per heavy atom. The molecule has 0 amide bonds. The zero-order chi connectivity index (χ0) is 14.9. The number of halogens is 2. The van der Waals surface area contributed by atoms with Gasteiger partial charge < -0.3 is 15.2 Å². The van der Waals surface area contributed by atoms with Gasteiger partial charge >= 0.3 is 11.9 Å². The highest BCUT2D eigenvalue weighted by Crippen LogP contribution is 2.41. The summed E-state index contributed by atoms with van der Waals surface area (Å²) in [5.41, 5.74) is 0.992. The first-order chi connectivity index (χ1) is 9.43. The van der Waals surface area contributed by atoms with Crippen molar-refractivity contribution in [3.8, 4) is 0 Å². The topological polar surface area (TPSA) is 75.6 Å². The molecule has 0 spiro atoms. The Bertz CT molecular complexity index is 562. The predicted molar refractivity (Wildman–Crippen MR) is 75.5 cm³/mol. The molecule has 7 heteroatoms. The Morgan fingerprint density at radius 2 is 2.15 bits per heavy atom. The number of carbonyl (C=O) groups is 2. The SMILES string of the molecule is CCOC(=O)C1CC(C(=O)O)Nc2cc(Cl)cc(Cl)c21. The average Bonchev–Trinajstić information content (AvgIpc) is 2.36. The summed E-state index contributed by atoms with van der Waals surface area (Å²) in [5, 5.41) is 12.7. The Balaban J connectivity index is 2.47. The van der Waals surface area contributed by atoms with Gasteiger partial charge in [-0.1, -0.05) is 23.2 Å². The van der Waals surface area contributed by atoms with Crippen molar-refractivity contribution in [3.63, 3.8) is 0 Å². The van der Waals surface area contributed by atoms with Crippen molar-refractivity contribution in [2.45, 2.75) is 25.3 Å². The molecular formula is C13H13Cl2NO4. The van der Waals surface area contributed by atoms with Crippen LogP contribution in [0.3, 0.4) is 0 Å². The van der Waals surface area contributed by atoms with Crippen molar-refractivity contribution in [1.29, 1.82) is 0 Å². The smallest absolute Gasteiger partial charge is 0.326 e. The van der Waals surface area contributed by atoms with Gasteiger partial charge in [-0.2, -0.15) is 0 Å². The van der Waals surface area contributed by atoms with Crippen LogP contribution in [0.2, 0.25) is 10.0 Å². The van der Waals surface area contributed by atoms with Gasteiger partial charge in [-0.25, -0.2) is 4.79 Å². The first-order valence-corrected chi connectivity index (χ1v) is 6.84. The third-order valence-corrected chi connectivity index (χ3v) is 3.64. The Labute approximate surface area is 125 Å². The van der Waals surface area contributed by atoms with Gasteiger partial charge in [0.15, 0.2) is 0 Å². The summed E-state index contributed by atoms with van der Waals surface area (Å²) in [6, 6.07) is 2.20. The maximum atomic E-state index is 12.0. The van der Waals surface area contributed by atoms with E-state index in [1.54, 1.807) is 13.0 Å². The average molecular weight is 318 g/mol. The van der Waals surface area contributed by atoms with Gasteiger partial charge in [-0.05, 0) is 25.5 Å². The highest BCUT2D eigenvalue weighted by atomic mass is 35.5. The lowest BCUT2D eigenvalue weighted by Crippen LogP contribution is -2.37. The van der Waals surface area contributed by atoms with Crippen LogP contribution in [0, 0.1) is 0 Å². The van der Waals surface area contributed by atoms with E-state index < -0.39 is 23.9 Å². The molecule has 1 aliphatic heterocycles. The van der Waals surface area contributed by atoms with Crippen molar-refractivity contribution in [3.05, 3.63) is 27.7 Å². The van der Waals surface area contributed by atoms with Gasteiger partial charge in [0, 0.05) is 21.3 Å². The van der Waals surface area contributed by atoms with Gasteiger partial charge in [0.2, 0.25) is 0 Å². The third kappa shape index (κ3) is 2.83. The molecule has 0 saturated carbocycles. The van der Waals surface area contributed by atoms with E-state index in [1.165, 1.54) is 6.07 Å². The molecule has 1 aliphatic rings. The molecule has 0 aromatic heterocycles. The van der Waals surface area contributed by atoms with Crippen LogP contribution in [-0.4, -0.2) is 29.7 Å². The molecular weight excluding hydrogens is 305 g/mol. The number of benzene rings is 1. The molecule has 1 aromatic rings. The van der Waals surface area contributed by atoms with E-state index in [9.17, 15) is 9.59 Å². The fraction of sp³-hybridized carbons (Fsp3) is 0.385. The van der Waals surface area contributed by atoms with Crippen molar-refractivity contribution < 1.29 is 19.4 Å². The second-order valence-electron chi connectivity index (χ2n) is 4.42. The van der Waals surface area contributed by atoms with E-state index in [2.05, 4.69) is 5.32 Å². The summed E-state index contributed by atoms with van der Waals surface area (Å²) in [4.78, 5) is 23.2. The summed E-state index contributed by atoms with van der Waals surface area (Å²) >= 11 is 12.0. The van der Waals surface area contributed by atoms with Crippen molar-refractivity contribution in [2.24, 2.45) is 0 Å². The van der Waals surface area contributed by atoms with E-state index in [4.69, 9.17) is 33.0 Å². The molecule has 5 nitrogen and oxygen atoms in total. The highest BCUT2D eigenvalue weighted by Gasteiger charge is 2.37. The van der Waals surface area contributed by atoms with E-state index in [1.807, 2.05) is 0 Å². The zero-order valence-electron chi connectivity index (χ0n) is 10.7. The predicted octanol–water partition coefficient (Wildman–Crippen LogP) is 2.91. The summed E-state index contributed by atoms with van der Waals surface area (Å²) in [6.45, 7) is 1.92. The number of hydrogen-bond acceptors (Lipinski definition) is 4. The number of esters is 1. The van der Waals surface area contributed by atoms with Gasteiger partial charge in [0.1, 0.15) is 6.04 Å². The van der Waals surface area contributed by atoms with Crippen molar-refractivity contribution in [2.75, 3.05) is 11.9 Å².